The summed E-state index contributed by atoms with van der Waals surface area (Å²) >= 11 is 5.91. The van der Waals surface area contributed by atoms with Crippen LogP contribution in [-0.2, 0) is 28.9 Å². The molecule has 1 aliphatic rings. The summed E-state index contributed by atoms with van der Waals surface area (Å²) < 4.78 is 26.5. The van der Waals surface area contributed by atoms with Crippen LogP contribution in [0.3, 0.4) is 0 Å². The van der Waals surface area contributed by atoms with Gasteiger partial charge in [0.1, 0.15) is 11.4 Å². The van der Waals surface area contributed by atoms with Crippen molar-refractivity contribution in [2.45, 2.75) is 45.6 Å². The smallest absolute Gasteiger partial charge is 0.342 e. The van der Waals surface area contributed by atoms with Gasteiger partial charge in [-0.1, -0.05) is 24.6 Å². The monoisotopic (exact) mass is 451 g/mol. The number of hydrogen-bond donors (Lipinski definition) is 1. The van der Waals surface area contributed by atoms with E-state index in [0.29, 0.717) is 51.1 Å². The zero-order chi connectivity index (χ0) is 22.2. The van der Waals surface area contributed by atoms with Gasteiger partial charge in [-0.2, -0.15) is 5.10 Å². The van der Waals surface area contributed by atoms with Gasteiger partial charge >= 0.3 is 5.97 Å². The molecule has 1 aliphatic heterocycles. The van der Waals surface area contributed by atoms with Gasteiger partial charge in [0.15, 0.2) is 0 Å². The summed E-state index contributed by atoms with van der Waals surface area (Å²) in [5.74, 6) is -1.62. The van der Waals surface area contributed by atoms with Crippen LogP contribution in [0.15, 0.2) is 18.2 Å². The number of rotatable bonds is 6. The van der Waals surface area contributed by atoms with Crippen LogP contribution < -0.4 is 5.32 Å². The second-order valence-electron chi connectivity index (χ2n) is 7.26. The number of carbonyl (C=O) groups is 2. The number of halogens is 2. The molecular weight excluding hydrogens is 425 g/mol. The average molecular weight is 452 g/mol. The molecule has 1 aromatic heterocycles. The Balaban J connectivity index is 1.67. The van der Waals surface area contributed by atoms with Crippen molar-refractivity contribution < 1.29 is 23.5 Å². The van der Waals surface area contributed by atoms with Crippen LogP contribution in [0.4, 0.5) is 4.39 Å². The largest absolute Gasteiger partial charge is 0.462 e. The third kappa shape index (κ3) is 5.83. The van der Waals surface area contributed by atoms with E-state index >= 15 is 0 Å². The van der Waals surface area contributed by atoms with E-state index in [2.05, 4.69) is 10.4 Å². The summed E-state index contributed by atoms with van der Waals surface area (Å²) in [6.45, 7) is 4.32. The third-order valence-corrected chi connectivity index (χ3v) is 5.37. The van der Waals surface area contributed by atoms with E-state index in [9.17, 15) is 14.0 Å². The Hall–Kier alpha value is -2.45. The first-order valence-corrected chi connectivity index (χ1v) is 11.0. The Kier molecular flexibility index (Phi) is 8.43. The number of aromatic nitrogens is 2. The number of esters is 1. The zero-order valence-corrected chi connectivity index (χ0v) is 18.3. The molecule has 2 heterocycles. The Morgan fingerprint density at radius 1 is 1.35 bits per heavy atom. The van der Waals surface area contributed by atoms with E-state index in [1.807, 2.05) is 11.6 Å². The molecule has 168 valence electrons. The number of benzene rings is 1. The minimum Gasteiger partial charge on any atom is -0.462 e. The van der Waals surface area contributed by atoms with Crippen molar-refractivity contribution in [2.75, 3.05) is 26.4 Å². The number of aryl methyl sites for hydroxylation is 2. The number of nitrogens with zero attached hydrogens (tertiary/aromatic N) is 2. The van der Waals surface area contributed by atoms with Crippen molar-refractivity contribution in [1.29, 1.82) is 0 Å². The lowest BCUT2D eigenvalue weighted by atomic mass is 10.1. The van der Waals surface area contributed by atoms with E-state index < -0.39 is 11.8 Å². The minimum absolute atomic E-state index is 0.0159. The number of hydrogen-bond acceptors (Lipinski definition) is 5. The number of ether oxygens (including phenoxy) is 2. The Bertz CT molecular complexity index is 911. The second kappa shape index (κ2) is 11.2. The molecular formula is C22H27ClFN3O4. The van der Waals surface area contributed by atoms with Crippen molar-refractivity contribution in [3.8, 4) is 0 Å². The molecule has 1 amide bonds. The molecule has 0 aliphatic carbocycles. The standard InChI is InChI=1S/C22H27ClFN3O4/c1-2-17-20-18(9-4-12-30-13-5-10-25-21(20)28)27(26-17)11-6-14-31-22(29)19-15(23)7-3-8-16(19)24/h3,7-8H,2,4-6,9-14H2,1H3,(H,25,28). The lowest BCUT2D eigenvalue weighted by Gasteiger charge is -2.10. The highest BCUT2D eigenvalue weighted by molar-refractivity contribution is 6.33. The Labute approximate surface area is 185 Å². The number of fused-ring (bicyclic) bond motifs is 1. The summed E-state index contributed by atoms with van der Waals surface area (Å²) in [4.78, 5) is 24.9. The maximum absolute atomic E-state index is 13.9. The molecule has 0 atom stereocenters. The molecule has 9 heteroatoms. The molecule has 1 aromatic carbocycles. The first-order chi connectivity index (χ1) is 15.0. The van der Waals surface area contributed by atoms with Crippen LogP contribution in [0.2, 0.25) is 5.02 Å². The molecule has 0 fully saturated rings. The van der Waals surface area contributed by atoms with E-state index in [-0.39, 0.29) is 23.1 Å². The molecule has 0 radical (unpaired) electrons. The lowest BCUT2D eigenvalue weighted by Crippen LogP contribution is -2.26. The van der Waals surface area contributed by atoms with E-state index in [1.54, 1.807) is 0 Å². The first-order valence-electron chi connectivity index (χ1n) is 10.6. The molecule has 0 saturated carbocycles. The first kappa shape index (κ1) is 23.2. The Morgan fingerprint density at radius 2 is 2.16 bits per heavy atom. The van der Waals surface area contributed by atoms with E-state index in [4.69, 9.17) is 21.1 Å². The summed E-state index contributed by atoms with van der Waals surface area (Å²) in [6.07, 6.45) is 3.33. The van der Waals surface area contributed by atoms with Crippen molar-refractivity contribution in [3.63, 3.8) is 0 Å². The summed E-state index contributed by atoms with van der Waals surface area (Å²) in [7, 11) is 0. The molecule has 31 heavy (non-hydrogen) atoms. The van der Waals surface area contributed by atoms with Crippen molar-refractivity contribution >= 4 is 23.5 Å². The maximum atomic E-state index is 13.9. The highest BCUT2D eigenvalue weighted by Crippen LogP contribution is 2.21. The summed E-state index contributed by atoms with van der Waals surface area (Å²) in [5, 5.41) is 7.59. The number of carbonyl (C=O) groups excluding carboxylic acids is 2. The SMILES string of the molecule is CCc1nn(CCCOC(=O)c2c(F)cccc2Cl)c2c1C(=O)NCCCOCCC2. The molecule has 3 rings (SSSR count). The molecule has 2 aromatic rings. The highest BCUT2D eigenvalue weighted by atomic mass is 35.5. The number of amides is 1. The van der Waals surface area contributed by atoms with E-state index in [0.717, 1.165) is 30.3 Å². The molecule has 0 spiro atoms. The average Bonchev–Trinajstić information content (AvgIpc) is 3.08. The molecule has 0 unspecified atom stereocenters. The third-order valence-electron chi connectivity index (χ3n) is 5.06. The Morgan fingerprint density at radius 3 is 2.94 bits per heavy atom. The lowest BCUT2D eigenvalue weighted by molar-refractivity contribution is 0.0489. The van der Waals surface area contributed by atoms with Gasteiger partial charge in [0.2, 0.25) is 0 Å². The van der Waals surface area contributed by atoms with Crippen molar-refractivity contribution in [1.82, 2.24) is 15.1 Å². The normalized spacial score (nSPS) is 15.0. The summed E-state index contributed by atoms with van der Waals surface area (Å²) in [5.41, 5.74) is 1.99. The summed E-state index contributed by atoms with van der Waals surface area (Å²) in [6, 6.07) is 4.04. The van der Waals surface area contributed by atoms with E-state index in [1.165, 1.54) is 12.1 Å². The van der Waals surface area contributed by atoms with Crippen LogP contribution in [0, 0.1) is 5.82 Å². The van der Waals surface area contributed by atoms with Gasteiger partial charge in [-0.25, -0.2) is 9.18 Å². The maximum Gasteiger partial charge on any atom is 0.342 e. The molecule has 0 bridgehead atoms. The second-order valence-corrected chi connectivity index (χ2v) is 7.66. The van der Waals surface area contributed by atoms with Crippen molar-refractivity contribution in [2.24, 2.45) is 0 Å². The predicted molar refractivity (Wildman–Crippen MR) is 114 cm³/mol. The zero-order valence-electron chi connectivity index (χ0n) is 17.6. The van der Waals surface area contributed by atoms with Gasteiger partial charge in [-0.05, 0) is 37.8 Å². The van der Waals surface area contributed by atoms with Crippen LogP contribution in [0.25, 0.3) is 0 Å². The van der Waals surface area contributed by atoms with Crippen LogP contribution in [0.1, 0.15) is 58.3 Å². The molecule has 0 saturated heterocycles. The van der Waals surface area contributed by atoms with Gasteiger partial charge in [0.05, 0.1) is 28.6 Å². The van der Waals surface area contributed by atoms with Crippen molar-refractivity contribution in [3.05, 3.63) is 51.6 Å². The highest BCUT2D eigenvalue weighted by Gasteiger charge is 2.23. The molecule has 7 nitrogen and oxygen atoms in total. The van der Waals surface area contributed by atoms with Gasteiger partial charge in [-0.3, -0.25) is 9.48 Å². The fraction of sp³-hybridized carbons (Fsp3) is 0.500. The molecule has 1 N–H and O–H groups in total. The minimum atomic E-state index is -0.798. The fourth-order valence-electron chi connectivity index (χ4n) is 3.55. The van der Waals surface area contributed by atoms with Crippen LogP contribution in [-0.4, -0.2) is 48.0 Å². The van der Waals surface area contributed by atoms with Gasteiger partial charge in [0, 0.05) is 32.7 Å². The number of nitrogens with one attached hydrogen (secondary N) is 1. The quantitative estimate of drug-likeness (QED) is 0.536. The fourth-order valence-corrected chi connectivity index (χ4v) is 3.79. The van der Waals surface area contributed by atoms with Crippen LogP contribution in [0.5, 0.6) is 0 Å². The topological polar surface area (TPSA) is 82.5 Å². The van der Waals surface area contributed by atoms with Gasteiger partial charge in [-0.15, -0.1) is 0 Å². The van der Waals surface area contributed by atoms with Gasteiger partial charge in [0.25, 0.3) is 5.91 Å². The van der Waals surface area contributed by atoms with Gasteiger partial charge < -0.3 is 14.8 Å². The van der Waals surface area contributed by atoms with Crippen LogP contribution >= 0.6 is 11.6 Å². The predicted octanol–water partition coefficient (Wildman–Crippen LogP) is 3.57.